The third-order valence-electron chi connectivity index (χ3n) is 0.322. The van der Waals surface area contributed by atoms with Gasteiger partial charge in [-0.3, -0.25) is 4.79 Å². The van der Waals surface area contributed by atoms with E-state index in [0.717, 1.165) is 0 Å². The van der Waals surface area contributed by atoms with E-state index in [1.807, 2.05) is 0 Å². The van der Waals surface area contributed by atoms with Gasteiger partial charge in [-0.1, -0.05) is 0 Å². The molecule has 0 aliphatic carbocycles. The highest BCUT2D eigenvalue weighted by Crippen LogP contribution is 1.55. The number of carbonyl (C=O) groups is 1. The molecule has 0 saturated heterocycles. The molecule has 36 valence electrons. The minimum absolute atomic E-state index is 0.494. The van der Waals surface area contributed by atoms with Crippen LogP contribution in [0.15, 0.2) is 12.3 Å². The predicted molar refractivity (Wildman–Crippen MR) is 24.0 cm³/mol. The fourth-order valence-corrected chi connectivity index (χ4v) is 0.125. The van der Waals surface area contributed by atoms with Gasteiger partial charge in [-0.05, 0) is 0 Å². The van der Waals surface area contributed by atoms with Gasteiger partial charge < -0.3 is 5.32 Å². The summed E-state index contributed by atoms with van der Waals surface area (Å²) in [7, 11) is 0. The monoisotopic (exact) mass is 96.0 g/mol. The lowest BCUT2D eigenvalue weighted by Gasteiger charge is -1.73. The van der Waals surface area contributed by atoms with Crippen LogP contribution in [0.2, 0.25) is 0 Å². The molecule has 0 radical (unpaired) electrons. The summed E-state index contributed by atoms with van der Waals surface area (Å²) < 4.78 is 0. The number of amides is 1. The summed E-state index contributed by atoms with van der Waals surface area (Å²) in [6, 6.07) is 1.70. The van der Waals surface area contributed by atoms with Crippen molar-refractivity contribution in [3.63, 3.8) is 0 Å². The summed E-state index contributed by atoms with van der Waals surface area (Å²) in [5.74, 6) is 0. The van der Waals surface area contributed by atoms with E-state index in [1.54, 1.807) is 6.07 Å². The average molecular weight is 96.1 g/mol. The minimum atomic E-state index is 0.494. The van der Waals surface area contributed by atoms with Crippen LogP contribution in [0, 0.1) is 11.3 Å². The average Bonchev–Trinajstić information content (AvgIpc) is 1.69. The summed E-state index contributed by atoms with van der Waals surface area (Å²) in [6.45, 7) is 0. The van der Waals surface area contributed by atoms with Gasteiger partial charge in [-0.15, -0.1) is 0 Å². The summed E-state index contributed by atoms with van der Waals surface area (Å²) in [5, 5.41) is 9.97. The van der Waals surface area contributed by atoms with Crippen molar-refractivity contribution in [2.75, 3.05) is 0 Å². The van der Waals surface area contributed by atoms with Crippen molar-refractivity contribution < 1.29 is 4.79 Å². The molecule has 0 unspecified atom stereocenters. The standard InChI is InChI=1S/C4H4N2O/c5-2-1-3-6-4-7/h1,3-4H,(H,6,7)/b3-1-. The maximum absolute atomic E-state index is 9.41. The summed E-state index contributed by atoms with van der Waals surface area (Å²) in [6.07, 6.45) is 2.93. The Kier molecular flexibility index (Phi) is 3.83. The third kappa shape index (κ3) is 4.70. The van der Waals surface area contributed by atoms with Crippen LogP contribution in [0.4, 0.5) is 0 Å². The first-order valence-electron chi connectivity index (χ1n) is 1.66. The Labute approximate surface area is 41.2 Å². The Morgan fingerprint density at radius 1 is 1.71 bits per heavy atom. The molecule has 1 amide bonds. The van der Waals surface area contributed by atoms with Gasteiger partial charge in [0.05, 0.1) is 6.07 Å². The van der Waals surface area contributed by atoms with Crippen molar-refractivity contribution in [1.82, 2.24) is 5.32 Å². The minimum Gasteiger partial charge on any atom is -0.335 e. The maximum atomic E-state index is 9.41. The zero-order valence-corrected chi connectivity index (χ0v) is 3.59. The summed E-state index contributed by atoms with van der Waals surface area (Å²) >= 11 is 0. The van der Waals surface area contributed by atoms with Crippen molar-refractivity contribution in [2.45, 2.75) is 0 Å². The molecule has 0 spiro atoms. The van der Waals surface area contributed by atoms with E-state index in [4.69, 9.17) is 5.26 Å². The van der Waals surface area contributed by atoms with Crippen LogP contribution in [-0.4, -0.2) is 6.41 Å². The molecule has 0 aliphatic rings. The molecule has 0 heterocycles. The lowest BCUT2D eigenvalue weighted by molar-refractivity contribution is -0.108. The quantitative estimate of drug-likeness (QED) is 0.381. The Morgan fingerprint density at radius 2 is 2.43 bits per heavy atom. The van der Waals surface area contributed by atoms with Gasteiger partial charge in [0.1, 0.15) is 0 Å². The first kappa shape index (κ1) is 5.70. The smallest absolute Gasteiger partial charge is 0.211 e. The van der Waals surface area contributed by atoms with Crippen molar-refractivity contribution in [3.05, 3.63) is 12.3 Å². The van der Waals surface area contributed by atoms with Crippen LogP contribution in [0.5, 0.6) is 0 Å². The number of nitriles is 1. The topological polar surface area (TPSA) is 52.9 Å². The molecular weight excluding hydrogens is 92.1 g/mol. The molecule has 3 nitrogen and oxygen atoms in total. The number of hydrogen-bond acceptors (Lipinski definition) is 2. The molecule has 0 atom stereocenters. The second-order valence-corrected chi connectivity index (χ2v) is 0.747. The molecule has 7 heavy (non-hydrogen) atoms. The lowest BCUT2D eigenvalue weighted by Crippen LogP contribution is -1.97. The number of hydrogen-bond donors (Lipinski definition) is 1. The van der Waals surface area contributed by atoms with Gasteiger partial charge in [0, 0.05) is 12.3 Å². The van der Waals surface area contributed by atoms with Gasteiger partial charge in [-0.2, -0.15) is 5.26 Å². The fourth-order valence-electron chi connectivity index (χ4n) is 0.125. The zero-order chi connectivity index (χ0) is 5.54. The molecule has 3 heteroatoms. The van der Waals surface area contributed by atoms with Crippen LogP contribution in [0.3, 0.4) is 0 Å². The molecule has 1 N–H and O–H groups in total. The van der Waals surface area contributed by atoms with Crippen LogP contribution in [0.1, 0.15) is 0 Å². The first-order valence-corrected chi connectivity index (χ1v) is 1.66. The Bertz CT molecular complexity index is 111. The molecule has 0 aromatic heterocycles. The van der Waals surface area contributed by atoms with Crippen molar-refractivity contribution >= 4 is 6.41 Å². The van der Waals surface area contributed by atoms with Gasteiger partial charge in [0.2, 0.25) is 6.41 Å². The van der Waals surface area contributed by atoms with Crippen LogP contribution < -0.4 is 5.32 Å². The number of nitrogens with one attached hydrogen (secondary N) is 1. The van der Waals surface area contributed by atoms with E-state index in [0.29, 0.717) is 6.41 Å². The van der Waals surface area contributed by atoms with Gasteiger partial charge in [-0.25, -0.2) is 0 Å². The molecule has 0 aromatic rings. The largest absolute Gasteiger partial charge is 0.335 e. The Balaban J connectivity index is 3.14. The van der Waals surface area contributed by atoms with E-state index in [9.17, 15) is 4.79 Å². The third-order valence-corrected chi connectivity index (χ3v) is 0.322. The second-order valence-electron chi connectivity index (χ2n) is 0.747. The number of nitrogens with zero attached hydrogens (tertiary/aromatic N) is 1. The second kappa shape index (κ2) is 4.70. The highest BCUT2D eigenvalue weighted by Gasteiger charge is 1.60. The predicted octanol–water partition coefficient (Wildman–Crippen LogP) is -0.230. The maximum Gasteiger partial charge on any atom is 0.211 e. The van der Waals surface area contributed by atoms with E-state index in [2.05, 4.69) is 5.32 Å². The van der Waals surface area contributed by atoms with E-state index >= 15 is 0 Å². The molecule has 0 aromatic carbocycles. The molecule has 0 rings (SSSR count). The van der Waals surface area contributed by atoms with Crippen LogP contribution in [-0.2, 0) is 4.79 Å². The molecule has 0 saturated carbocycles. The van der Waals surface area contributed by atoms with Crippen molar-refractivity contribution in [2.24, 2.45) is 0 Å². The lowest BCUT2D eigenvalue weighted by atomic mass is 10.7. The number of allylic oxidation sites excluding steroid dienone is 1. The zero-order valence-electron chi connectivity index (χ0n) is 3.59. The van der Waals surface area contributed by atoms with E-state index in [1.165, 1.54) is 12.3 Å². The van der Waals surface area contributed by atoms with Crippen molar-refractivity contribution in [1.29, 1.82) is 5.26 Å². The summed E-state index contributed by atoms with van der Waals surface area (Å²) in [5.41, 5.74) is 0. The SMILES string of the molecule is N#C/C=C\NC=O. The molecular formula is C4H4N2O. The van der Waals surface area contributed by atoms with E-state index < -0.39 is 0 Å². The highest BCUT2D eigenvalue weighted by molar-refractivity contribution is 5.47. The first-order chi connectivity index (χ1) is 3.41. The normalized spacial score (nSPS) is 7.86. The van der Waals surface area contributed by atoms with Gasteiger partial charge in [0.25, 0.3) is 0 Å². The molecule has 0 bridgehead atoms. The molecule has 0 aliphatic heterocycles. The van der Waals surface area contributed by atoms with Crippen molar-refractivity contribution in [3.8, 4) is 6.07 Å². The Morgan fingerprint density at radius 3 is 2.86 bits per heavy atom. The molecule has 0 fully saturated rings. The van der Waals surface area contributed by atoms with E-state index in [-0.39, 0.29) is 0 Å². The van der Waals surface area contributed by atoms with Gasteiger partial charge >= 0.3 is 0 Å². The summed E-state index contributed by atoms with van der Waals surface area (Å²) in [4.78, 5) is 9.41. The number of carbonyl (C=O) groups excluding carboxylic acids is 1. The fraction of sp³-hybridized carbons (Fsp3) is 0. The highest BCUT2D eigenvalue weighted by atomic mass is 16.1. The van der Waals surface area contributed by atoms with Crippen LogP contribution >= 0.6 is 0 Å². The van der Waals surface area contributed by atoms with Crippen LogP contribution in [0.25, 0.3) is 0 Å². The number of rotatable bonds is 2. The van der Waals surface area contributed by atoms with Gasteiger partial charge in [0.15, 0.2) is 0 Å². The Hall–Kier alpha value is -1.30.